The summed E-state index contributed by atoms with van der Waals surface area (Å²) in [4.78, 5) is 4.66. The Kier molecular flexibility index (Phi) is 4.30. The van der Waals surface area contributed by atoms with Gasteiger partial charge in [0.1, 0.15) is 0 Å². The molecule has 0 radical (unpaired) electrons. The molecule has 2 saturated heterocycles. The predicted molar refractivity (Wildman–Crippen MR) is 78.6 cm³/mol. The van der Waals surface area contributed by atoms with Gasteiger partial charge in [0.05, 0.1) is 11.9 Å². The maximum atomic E-state index is 4.66. The molecule has 3 N–H and O–H groups in total. The van der Waals surface area contributed by atoms with Gasteiger partial charge in [-0.3, -0.25) is 4.98 Å². The minimum atomic E-state index is 0.556. The number of hydrogen-bond acceptors (Lipinski definition) is 4. The minimum absolute atomic E-state index is 0.556. The summed E-state index contributed by atoms with van der Waals surface area (Å²) in [5.74, 6) is 0.645. The topological polar surface area (TPSA) is 49.0 Å². The van der Waals surface area contributed by atoms with Crippen molar-refractivity contribution in [3.05, 3.63) is 24.0 Å². The van der Waals surface area contributed by atoms with Gasteiger partial charge in [0.25, 0.3) is 0 Å². The van der Waals surface area contributed by atoms with Crippen molar-refractivity contribution >= 4 is 5.69 Å². The van der Waals surface area contributed by atoms with E-state index in [4.69, 9.17) is 0 Å². The van der Waals surface area contributed by atoms with Crippen LogP contribution in [0.3, 0.4) is 0 Å². The minimum Gasteiger partial charge on any atom is -0.380 e. The normalized spacial score (nSPS) is 25.2. The van der Waals surface area contributed by atoms with Crippen LogP contribution in [-0.4, -0.2) is 37.2 Å². The van der Waals surface area contributed by atoms with Crippen LogP contribution in [0.2, 0.25) is 0 Å². The first-order chi connectivity index (χ1) is 9.42. The van der Waals surface area contributed by atoms with Crippen LogP contribution in [0.1, 0.15) is 37.3 Å². The summed E-state index contributed by atoms with van der Waals surface area (Å²) >= 11 is 0. The van der Waals surface area contributed by atoms with Crippen molar-refractivity contribution < 1.29 is 0 Å². The Morgan fingerprint density at radius 3 is 2.63 bits per heavy atom. The molecule has 0 spiro atoms. The molecule has 19 heavy (non-hydrogen) atoms. The highest BCUT2D eigenvalue weighted by atomic mass is 15.0. The zero-order valence-electron chi connectivity index (χ0n) is 11.5. The highest BCUT2D eigenvalue weighted by Gasteiger charge is 2.17. The highest BCUT2D eigenvalue weighted by Crippen LogP contribution is 2.24. The zero-order chi connectivity index (χ0) is 12.9. The summed E-state index contributed by atoms with van der Waals surface area (Å²) < 4.78 is 0. The van der Waals surface area contributed by atoms with Crippen LogP contribution in [0.5, 0.6) is 0 Å². The second-order valence-electron chi connectivity index (χ2n) is 5.68. The number of aromatic nitrogens is 1. The van der Waals surface area contributed by atoms with Gasteiger partial charge in [0.15, 0.2) is 0 Å². The Labute approximate surface area is 115 Å². The monoisotopic (exact) mass is 260 g/mol. The van der Waals surface area contributed by atoms with Crippen molar-refractivity contribution in [2.24, 2.45) is 0 Å². The first-order valence-corrected chi connectivity index (χ1v) is 7.56. The molecule has 0 saturated carbocycles. The molecule has 1 atom stereocenters. The molecule has 0 aromatic carbocycles. The molecule has 4 nitrogen and oxygen atoms in total. The van der Waals surface area contributed by atoms with E-state index in [0.717, 1.165) is 31.9 Å². The van der Waals surface area contributed by atoms with E-state index in [-0.39, 0.29) is 0 Å². The molecule has 0 bridgehead atoms. The van der Waals surface area contributed by atoms with E-state index in [0.29, 0.717) is 12.0 Å². The van der Waals surface area contributed by atoms with Crippen molar-refractivity contribution in [1.29, 1.82) is 0 Å². The van der Waals surface area contributed by atoms with Crippen LogP contribution in [0.25, 0.3) is 0 Å². The Morgan fingerprint density at radius 1 is 1.05 bits per heavy atom. The number of rotatable bonds is 3. The van der Waals surface area contributed by atoms with E-state index in [1.165, 1.54) is 31.4 Å². The largest absolute Gasteiger partial charge is 0.380 e. The molecule has 1 aromatic rings. The number of nitrogens with one attached hydrogen (secondary N) is 3. The third kappa shape index (κ3) is 3.45. The molecule has 3 heterocycles. The van der Waals surface area contributed by atoms with Crippen molar-refractivity contribution in [2.45, 2.75) is 37.6 Å². The summed E-state index contributed by atoms with van der Waals surface area (Å²) in [6.07, 6.45) is 6.95. The number of nitrogens with zero attached hydrogens (tertiary/aromatic N) is 1. The van der Waals surface area contributed by atoms with Gasteiger partial charge in [0.2, 0.25) is 0 Å². The molecule has 2 fully saturated rings. The molecular formula is C15H24N4. The summed E-state index contributed by atoms with van der Waals surface area (Å²) in [5.41, 5.74) is 2.42. The van der Waals surface area contributed by atoms with E-state index in [1.807, 2.05) is 6.20 Å². The van der Waals surface area contributed by atoms with Crippen molar-refractivity contribution in [2.75, 3.05) is 31.5 Å². The molecule has 0 aliphatic carbocycles. The van der Waals surface area contributed by atoms with Crippen molar-refractivity contribution in [3.63, 3.8) is 0 Å². The Bertz CT molecular complexity index is 378. The third-order valence-electron chi connectivity index (χ3n) is 4.21. The van der Waals surface area contributed by atoms with Crippen molar-refractivity contribution in [1.82, 2.24) is 15.6 Å². The number of hydrogen-bond donors (Lipinski definition) is 3. The summed E-state index contributed by atoms with van der Waals surface area (Å²) in [6, 6.07) is 4.95. The van der Waals surface area contributed by atoms with E-state index < -0.39 is 0 Å². The number of pyridine rings is 1. The summed E-state index contributed by atoms with van der Waals surface area (Å²) in [5, 5.41) is 10.4. The smallest absolute Gasteiger partial charge is 0.0529 e. The zero-order valence-corrected chi connectivity index (χ0v) is 11.5. The molecule has 3 rings (SSSR count). The molecular weight excluding hydrogens is 236 g/mol. The van der Waals surface area contributed by atoms with Gasteiger partial charge < -0.3 is 16.0 Å². The second kappa shape index (κ2) is 6.35. The molecule has 0 amide bonds. The van der Waals surface area contributed by atoms with Gasteiger partial charge in [-0.1, -0.05) is 0 Å². The number of anilines is 1. The molecule has 104 valence electrons. The highest BCUT2D eigenvalue weighted by molar-refractivity contribution is 5.42. The maximum Gasteiger partial charge on any atom is 0.0529 e. The lowest BCUT2D eigenvalue weighted by Crippen LogP contribution is -2.38. The lowest BCUT2D eigenvalue weighted by molar-refractivity contribution is 0.453. The summed E-state index contributed by atoms with van der Waals surface area (Å²) in [7, 11) is 0. The van der Waals surface area contributed by atoms with E-state index >= 15 is 0 Å². The van der Waals surface area contributed by atoms with Gasteiger partial charge in [-0.2, -0.15) is 0 Å². The maximum absolute atomic E-state index is 4.66. The van der Waals surface area contributed by atoms with Crippen LogP contribution in [0.4, 0.5) is 5.69 Å². The SMILES string of the molecule is c1cc(C2CCNCC2)ncc1NC1CCCNC1. The molecule has 1 unspecified atom stereocenters. The van der Waals surface area contributed by atoms with Crippen LogP contribution in [0, 0.1) is 0 Å². The molecule has 4 heteroatoms. The fourth-order valence-electron chi connectivity index (χ4n) is 3.06. The fourth-order valence-corrected chi connectivity index (χ4v) is 3.06. The standard InChI is InChI=1S/C15H24N4/c1-2-13(10-17-7-1)19-14-3-4-15(18-11-14)12-5-8-16-9-6-12/h3-4,11-13,16-17,19H,1-2,5-10H2. The Balaban J connectivity index is 1.58. The average molecular weight is 260 g/mol. The first-order valence-electron chi connectivity index (χ1n) is 7.56. The third-order valence-corrected chi connectivity index (χ3v) is 4.21. The average Bonchev–Trinajstić information content (AvgIpc) is 2.50. The van der Waals surface area contributed by atoms with Crippen LogP contribution >= 0.6 is 0 Å². The van der Waals surface area contributed by atoms with Crippen molar-refractivity contribution in [3.8, 4) is 0 Å². The Hall–Kier alpha value is -1.13. The lowest BCUT2D eigenvalue weighted by atomic mass is 9.94. The quantitative estimate of drug-likeness (QED) is 0.774. The molecule has 2 aliphatic heterocycles. The summed E-state index contributed by atoms with van der Waals surface area (Å²) in [6.45, 7) is 4.47. The lowest BCUT2D eigenvalue weighted by Gasteiger charge is -2.25. The van der Waals surface area contributed by atoms with Crippen LogP contribution in [0.15, 0.2) is 18.3 Å². The van der Waals surface area contributed by atoms with Crippen LogP contribution < -0.4 is 16.0 Å². The fraction of sp³-hybridized carbons (Fsp3) is 0.667. The van der Waals surface area contributed by atoms with Gasteiger partial charge in [-0.25, -0.2) is 0 Å². The van der Waals surface area contributed by atoms with Gasteiger partial charge >= 0.3 is 0 Å². The van der Waals surface area contributed by atoms with E-state index in [2.05, 4.69) is 33.1 Å². The Morgan fingerprint density at radius 2 is 1.95 bits per heavy atom. The molecule has 1 aromatic heterocycles. The van der Waals surface area contributed by atoms with E-state index in [1.54, 1.807) is 0 Å². The first kappa shape index (κ1) is 12.9. The van der Waals surface area contributed by atoms with Gasteiger partial charge in [0, 0.05) is 24.2 Å². The van der Waals surface area contributed by atoms with Gasteiger partial charge in [-0.05, 0) is 57.5 Å². The van der Waals surface area contributed by atoms with Gasteiger partial charge in [-0.15, -0.1) is 0 Å². The molecule has 2 aliphatic rings. The van der Waals surface area contributed by atoms with Crippen LogP contribution in [-0.2, 0) is 0 Å². The number of piperidine rings is 2. The van der Waals surface area contributed by atoms with E-state index in [9.17, 15) is 0 Å². The second-order valence-corrected chi connectivity index (χ2v) is 5.68. The predicted octanol–water partition coefficient (Wildman–Crippen LogP) is 1.71.